The number of aromatic amines is 1. The summed E-state index contributed by atoms with van der Waals surface area (Å²) in [5.41, 5.74) is 6.87. The molecule has 0 spiro atoms. The molecule has 4 rings (SSSR count). The fraction of sp³-hybridized carbons (Fsp3) is 0.227. The lowest BCUT2D eigenvalue weighted by Gasteiger charge is -2.27. The maximum Gasteiger partial charge on any atom is 0.322 e. The molecule has 0 radical (unpaired) electrons. The molecule has 4 heteroatoms. The van der Waals surface area contributed by atoms with E-state index < -0.39 is 0 Å². The summed E-state index contributed by atoms with van der Waals surface area (Å²) in [6.07, 6.45) is 5.10. The zero-order valence-corrected chi connectivity index (χ0v) is 15.2. The fourth-order valence-corrected chi connectivity index (χ4v) is 3.58. The molecule has 2 heterocycles. The standard InChI is InChI=1S/C22H23N3O/c1-15-7-8-20(16(2)13-15)24-22(26)25-11-9-17(10-12-25)19-14-23-21-6-4-3-5-18(19)21/h3-9,13-14,23H,10-12H2,1-2H3,(H,24,26). The minimum Gasteiger partial charge on any atom is -0.361 e. The second kappa shape index (κ2) is 6.71. The number of rotatable bonds is 2. The Bertz CT molecular complexity index is 1000. The minimum absolute atomic E-state index is 0.0359. The molecular formula is C22H23N3O. The van der Waals surface area contributed by atoms with Gasteiger partial charge in [-0.05, 0) is 43.5 Å². The molecule has 26 heavy (non-hydrogen) atoms. The van der Waals surface area contributed by atoms with Gasteiger partial charge in [0.15, 0.2) is 0 Å². The third kappa shape index (κ3) is 3.10. The van der Waals surface area contributed by atoms with E-state index in [4.69, 9.17) is 0 Å². The van der Waals surface area contributed by atoms with Crippen molar-refractivity contribution in [3.63, 3.8) is 0 Å². The number of hydrogen-bond donors (Lipinski definition) is 2. The number of H-pyrrole nitrogens is 1. The Labute approximate surface area is 153 Å². The number of para-hydroxylation sites is 1. The summed E-state index contributed by atoms with van der Waals surface area (Å²) in [5.74, 6) is 0. The van der Waals surface area contributed by atoms with Gasteiger partial charge in [-0.1, -0.05) is 42.0 Å². The van der Waals surface area contributed by atoms with Crippen LogP contribution in [-0.4, -0.2) is 29.0 Å². The van der Waals surface area contributed by atoms with Crippen LogP contribution in [0, 0.1) is 13.8 Å². The van der Waals surface area contributed by atoms with E-state index in [2.05, 4.69) is 53.8 Å². The SMILES string of the molecule is Cc1ccc(NC(=O)N2CC=C(c3c[nH]c4ccccc34)CC2)c(C)c1. The highest BCUT2D eigenvalue weighted by molar-refractivity contribution is 5.94. The number of aromatic nitrogens is 1. The van der Waals surface area contributed by atoms with Crippen LogP contribution in [0.5, 0.6) is 0 Å². The molecule has 132 valence electrons. The van der Waals surface area contributed by atoms with E-state index in [9.17, 15) is 4.79 Å². The average molecular weight is 345 g/mol. The highest BCUT2D eigenvalue weighted by atomic mass is 16.2. The number of carbonyl (C=O) groups excluding carboxylic acids is 1. The first-order valence-electron chi connectivity index (χ1n) is 9.00. The minimum atomic E-state index is -0.0359. The molecule has 2 aromatic carbocycles. The smallest absolute Gasteiger partial charge is 0.322 e. The summed E-state index contributed by atoms with van der Waals surface area (Å²) in [4.78, 5) is 17.8. The third-order valence-corrected chi connectivity index (χ3v) is 5.06. The number of urea groups is 1. The molecule has 0 saturated carbocycles. The predicted molar refractivity (Wildman–Crippen MR) is 107 cm³/mol. The molecular weight excluding hydrogens is 322 g/mol. The average Bonchev–Trinajstić information content (AvgIpc) is 3.08. The molecule has 0 aliphatic carbocycles. The maximum absolute atomic E-state index is 12.6. The molecule has 3 aromatic rings. The Kier molecular flexibility index (Phi) is 4.25. The molecule has 0 bridgehead atoms. The van der Waals surface area contributed by atoms with E-state index in [-0.39, 0.29) is 6.03 Å². The van der Waals surface area contributed by atoms with Gasteiger partial charge in [0, 0.05) is 41.4 Å². The monoisotopic (exact) mass is 345 g/mol. The van der Waals surface area contributed by atoms with Gasteiger partial charge in [0.1, 0.15) is 0 Å². The molecule has 1 aliphatic heterocycles. The van der Waals surface area contributed by atoms with Crippen molar-refractivity contribution in [2.75, 3.05) is 18.4 Å². The van der Waals surface area contributed by atoms with Crippen molar-refractivity contribution in [2.24, 2.45) is 0 Å². The first-order valence-corrected chi connectivity index (χ1v) is 9.00. The van der Waals surface area contributed by atoms with Crippen molar-refractivity contribution in [2.45, 2.75) is 20.3 Å². The Morgan fingerprint density at radius 2 is 2.00 bits per heavy atom. The molecule has 0 unspecified atom stereocenters. The molecule has 0 fully saturated rings. The van der Waals surface area contributed by atoms with Crippen LogP contribution >= 0.6 is 0 Å². The maximum atomic E-state index is 12.6. The van der Waals surface area contributed by atoms with Gasteiger partial charge in [0.05, 0.1) is 0 Å². The summed E-state index contributed by atoms with van der Waals surface area (Å²) in [6.45, 7) is 5.43. The van der Waals surface area contributed by atoms with E-state index >= 15 is 0 Å². The van der Waals surface area contributed by atoms with Crippen LogP contribution in [0.2, 0.25) is 0 Å². The number of amides is 2. The third-order valence-electron chi connectivity index (χ3n) is 5.06. The van der Waals surface area contributed by atoms with Crippen LogP contribution in [0.1, 0.15) is 23.1 Å². The second-order valence-electron chi connectivity index (χ2n) is 6.92. The largest absolute Gasteiger partial charge is 0.361 e. The van der Waals surface area contributed by atoms with Gasteiger partial charge in [0.2, 0.25) is 0 Å². The Balaban J connectivity index is 1.47. The van der Waals surface area contributed by atoms with Crippen molar-refractivity contribution < 1.29 is 4.79 Å². The van der Waals surface area contributed by atoms with E-state index in [0.29, 0.717) is 6.54 Å². The number of nitrogens with zero attached hydrogens (tertiary/aromatic N) is 1. The quantitative estimate of drug-likeness (QED) is 0.666. The van der Waals surface area contributed by atoms with Gasteiger partial charge >= 0.3 is 6.03 Å². The number of nitrogens with one attached hydrogen (secondary N) is 2. The number of aryl methyl sites for hydroxylation is 2. The fourth-order valence-electron chi connectivity index (χ4n) is 3.58. The second-order valence-corrected chi connectivity index (χ2v) is 6.92. The highest BCUT2D eigenvalue weighted by Crippen LogP contribution is 2.29. The Morgan fingerprint density at radius 1 is 1.15 bits per heavy atom. The van der Waals surface area contributed by atoms with Gasteiger partial charge in [0.25, 0.3) is 0 Å². The van der Waals surface area contributed by atoms with Crippen LogP contribution in [-0.2, 0) is 0 Å². The van der Waals surface area contributed by atoms with Crippen LogP contribution in [0.3, 0.4) is 0 Å². The molecule has 1 aromatic heterocycles. The highest BCUT2D eigenvalue weighted by Gasteiger charge is 2.19. The van der Waals surface area contributed by atoms with E-state index in [1.165, 1.54) is 22.1 Å². The van der Waals surface area contributed by atoms with Gasteiger partial charge in [-0.25, -0.2) is 4.79 Å². The topological polar surface area (TPSA) is 48.1 Å². The molecule has 2 amide bonds. The molecule has 4 nitrogen and oxygen atoms in total. The van der Waals surface area contributed by atoms with Crippen LogP contribution in [0.15, 0.2) is 54.7 Å². The van der Waals surface area contributed by atoms with Crippen molar-refractivity contribution >= 4 is 28.2 Å². The van der Waals surface area contributed by atoms with E-state index in [1.807, 2.05) is 30.0 Å². The van der Waals surface area contributed by atoms with Gasteiger partial charge in [-0.3, -0.25) is 0 Å². The number of hydrogen-bond acceptors (Lipinski definition) is 1. The zero-order chi connectivity index (χ0) is 18.1. The van der Waals surface area contributed by atoms with E-state index in [1.54, 1.807) is 0 Å². The van der Waals surface area contributed by atoms with Crippen LogP contribution in [0.25, 0.3) is 16.5 Å². The number of carbonyl (C=O) groups is 1. The Hall–Kier alpha value is -3.01. The normalized spacial score (nSPS) is 14.4. The number of anilines is 1. The Morgan fingerprint density at radius 3 is 2.77 bits per heavy atom. The lowest BCUT2D eigenvalue weighted by atomic mass is 9.99. The van der Waals surface area contributed by atoms with Crippen molar-refractivity contribution in [3.8, 4) is 0 Å². The van der Waals surface area contributed by atoms with Crippen molar-refractivity contribution in [3.05, 3.63) is 71.4 Å². The van der Waals surface area contributed by atoms with Gasteiger partial charge < -0.3 is 15.2 Å². The van der Waals surface area contributed by atoms with Gasteiger partial charge in [-0.15, -0.1) is 0 Å². The predicted octanol–water partition coefficient (Wildman–Crippen LogP) is 5.11. The van der Waals surface area contributed by atoms with Crippen molar-refractivity contribution in [1.82, 2.24) is 9.88 Å². The lowest BCUT2D eigenvalue weighted by Crippen LogP contribution is -2.38. The zero-order valence-electron chi connectivity index (χ0n) is 15.2. The first-order chi connectivity index (χ1) is 12.6. The van der Waals surface area contributed by atoms with Crippen LogP contribution < -0.4 is 5.32 Å². The number of fused-ring (bicyclic) bond motifs is 1. The molecule has 0 saturated heterocycles. The molecule has 1 aliphatic rings. The lowest BCUT2D eigenvalue weighted by molar-refractivity contribution is 0.217. The summed E-state index contributed by atoms with van der Waals surface area (Å²) in [7, 11) is 0. The van der Waals surface area contributed by atoms with E-state index in [0.717, 1.165) is 29.7 Å². The van der Waals surface area contributed by atoms with Gasteiger partial charge in [-0.2, -0.15) is 0 Å². The summed E-state index contributed by atoms with van der Waals surface area (Å²) >= 11 is 0. The number of benzene rings is 2. The first kappa shape index (κ1) is 16.5. The summed E-state index contributed by atoms with van der Waals surface area (Å²) in [6, 6.07) is 14.4. The molecule has 0 atom stereocenters. The molecule has 2 N–H and O–H groups in total. The van der Waals surface area contributed by atoms with Crippen molar-refractivity contribution in [1.29, 1.82) is 0 Å². The van der Waals surface area contributed by atoms with Crippen LogP contribution in [0.4, 0.5) is 10.5 Å². The summed E-state index contributed by atoms with van der Waals surface area (Å²) in [5, 5.41) is 4.28. The summed E-state index contributed by atoms with van der Waals surface area (Å²) < 4.78 is 0.